The number of hydrogen-bond donors (Lipinski definition) is 12. The Morgan fingerprint density at radius 2 is 1.53 bits per heavy atom. The monoisotopic (exact) mass is 524 g/mol. The molecule has 1 aromatic heterocycles. The number of aromatic hydroxyl groups is 5. The first-order valence-electron chi connectivity index (χ1n) is 10.2. The van der Waals surface area contributed by atoms with Gasteiger partial charge in [0.05, 0.1) is 6.54 Å². The lowest BCUT2D eigenvalue weighted by molar-refractivity contribution is -0.185. The number of thiazole rings is 1. The van der Waals surface area contributed by atoms with Gasteiger partial charge in [0.25, 0.3) is 11.7 Å². The number of nitrogens with two attached hydrogens (primary N) is 1. The van der Waals surface area contributed by atoms with Crippen LogP contribution < -0.4 is 16.4 Å². The molecule has 0 aliphatic rings. The number of amides is 1. The molecule has 14 nitrogen and oxygen atoms in total. The average molecular weight is 525 g/mol. The van der Waals surface area contributed by atoms with Crippen molar-refractivity contribution < 1.29 is 50.8 Å². The second kappa shape index (κ2) is 10.0. The lowest BCUT2D eigenvalue weighted by Gasteiger charge is -2.26. The molecule has 36 heavy (non-hydrogen) atoms. The molecule has 0 radical (unpaired) electrons. The zero-order chi connectivity index (χ0) is 26.8. The fourth-order valence-electron chi connectivity index (χ4n) is 3.29. The molecule has 2 aromatic carbocycles. The second-order valence-electron chi connectivity index (χ2n) is 7.71. The molecule has 13 N–H and O–H groups in total. The topological polar surface area (TPSA) is 262 Å². The van der Waals surface area contributed by atoms with Crippen LogP contribution in [-0.4, -0.2) is 69.9 Å². The lowest BCUT2D eigenvalue weighted by Crippen LogP contribution is -2.40. The molecule has 0 atom stereocenters. The minimum absolute atomic E-state index is 0.254. The SMILES string of the molecule is Nc1nc(C(O)(O)C(=O)Nc2c(O)c(O)c(C(O)(O)CNCCc3ccccc3)c(O)c2O)c(O)s1. The summed E-state index contributed by atoms with van der Waals surface area (Å²) in [6, 6.07) is 9.19. The molecular formula is C21H24N4O10S. The van der Waals surface area contributed by atoms with Gasteiger partial charge in [-0.3, -0.25) is 4.79 Å². The molecule has 0 fully saturated rings. The number of hydrogen-bond acceptors (Lipinski definition) is 14. The predicted octanol–water partition coefficient (Wildman–Crippen LogP) is -1.00. The van der Waals surface area contributed by atoms with Crippen molar-refractivity contribution in [2.75, 3.05) is 24.1 Å². The van der Waals surface area contributed by atoms with Crippen molar-refractivity contribution in [2.45, 2.75) is 18.0 Å². The molecule has 1 amide bonds. The number of benzene rings is 2. The minimum atomic E-state index is -3.53. The lowest BCUT2D eigenvalue weighted by atomic mass is 10.00. The first-order chi connectivity index (χ1) is 16.8. The maximum Gasteiger partial charge on any atom is 0.294 e. The zero-order valence-electron chi connectivity index (χ0n) is 18.4. The number of nitrogens with one attached hydrogen (secondary N) is 2. The minimum Gasteiger partial charge on any atom is -0.504 e. The highest BCUT2D eigenvalue weighted by atomic mass is 32.1. The number of phenols is 4. The van der Waals surface area contributed by atoms with Gasteiger partial charge in [-0.15, -0.1) is 0 Å². The van der Waals surface area contributed by atoms with Crippen LogP contribution in [0.15, 0.2) is 30.3 Å². The summed E-state index contributed by atoms with van der Waals surface area (Å²) in [5.74, 6) is -13.7. The fraction of sp³-hybridized carbons (Fsp3) is 0.238. The molecule has 1 heterocycles. The van der Waals surface area contributed by atoms with Crippen molar-refractivity contribution in [2.24, 2.45) is 0 Å². The molecular weight excluding hydrogens is 500 g/mol. The van der Waals surface area contributed by atoms with Crippen molar-refractivity contribution in [3.63, 3.8) is 0 Å². The standard InChI is InChI=1S/C21H24N4O10S/c22-19-25-16(17(30)36-19)21(34,35)18(31)24-11-14(28)12(26)10(13(27)15(11)29)20(32,33)8-23-7-6-9-4-2-1-3-5-9/h1-5,23,26-30,32-35H,6-8H2,(H2,22,25)(H,24,31). The van der Waals surface area contributed by atoms with Crippen LogP contribution in [0.1, 0.15) is 16.8 Å². The van der Waals surface area contributed by atoms with E-state index in [0.717, 1.165) is 5.56 Å². The zero-order valence-corrected chi connectivity index (χ0v) is 19.2. The Kier molecular flexibility index (Phi) is 7.44. The number of carbonyl (C=O) groups excluding carboxylic acids is 1. The quantitative estimate of drug-likeness (QED) is 0.0694. The summed E-state index contributed by atoms with van der Waals surface area (Å²) in [5, 5.41) is 95.2. The van der Waals surface area contributed by atoms with Crippen LogP contribution in [0.3, 0.4) is 0 Å². The second-order valence-corrected chi connectivity index (χ2v) is 8.71. The summed E-state index contributed by atoms with van der Waals surface area (Å²) in [4.78, 5) is 15.8. The van der Waals surface area contributed by atoms with Crippen molar-refractivity contribution >= 4 is 28.1 Å². The van der Waals surface area contributed by atoms with Gasteiger partial charge in [0.1, 0.15) is 11.3 Å². The van der Waals surface area contributed by atoms with E-state index in [1.807, 2.05) is 30.3 Å². The first-order valence-corrected chi connectivity index (χ1v) is 11.0. The number of phenolic OH excluding ortho intramolecular Hbond substituents is 4. The molecule has 0 saturated heterocycles. The van der Waals surface area contributed by atoms with Crippen molar-refractivity contribution in [3.05, 3.63) is 47.2 Å². The smallest absolute Gasteiger partial charge is 0.294 e. The van der Waals surface area contributed by atoms with Crippen molar-refractivity contribution in [1.82, 2.24) is 10.3 Å². The van der Waals surface area contributed by atoms with E-state index in [1.165, 1.54) is 0 Å². The maximum atomic E-state index is 12.4. The van der Waals surface area contributed by atoms with Gasteiger partial charge in [-0.2, -0.15) is 0 Å². The largest absolute Gasteiger partial charge is 0.504 e. The third-order valence-electron chi connectivity index (χ3n) is 5.11. The number of aliphatic hydroxyl groups is 4. The van der Waals surface area contributed by atoms with E-state index < -0.39 is 69.0 Å². The van der Waals surface area contributed by atoms with Gasteiger partial charge < -0.3 is 62.3 Å². The van der Waals surface area contributed by atoms with E-state index >= 15 is 0 Å². The van der Waals surface area contributed by atoms with Gasteiger partial charge in [-0.1, -0.05) is 41.7 Å². The molecule has 0 unspecified atom stereocenters. The molecule has 0 saturated carbocycles. The Bertz CT molecular complexity index is 1230. The highest BCUT2D eigenvalue weighted by Crippen LogP contribution is 2.53. The molecule has 0 bridgehead atoms. The van der Waals surface area contributed by atoms with Crippen LogP contribution in [-0.2, 0) is 22.8 Å². The highest BCUT2D eigenvalue weighted by molar-refractivity contribution is 7.17. The summed E-state index contributed by atoms with van der Waals surface area (Å²) in [5.41, 5.74) is 3.13. The summed E-state index contributed by atoms with van der Waals surface area (Å²) in [6.45, 7) is -0.407. The van der Waals surface area contributed by atoms with Crippen LogP contribution in [0.2, 0.25) is 0 Å². The first kappa shape index (κ1) is 26.7. The number of aromatic nitrogens is 1. The van der Waals surface area contributed by atoms with Gasteiger partial charge in [0.15, 0.2) is 33.8 Å². The fourth-order valence-corrected chi connectivity index (χ4v) is 3.91. The van der Waals surface area contributed by atoms with Gasteiger partial charge in [-0.25, -0.2) is 4.98 Å². The predicted molar refractivity (Wildman–Crippen MR) is 125 cm³/mol. The van der Waals surface area contributed by atoms with Crippen LogP contribution in [0.4, 0.5) is 10.8 Å². The number of anilines is 2. The van der Waals surface area contributed by atoms with E-state index in [4.69, 9.17) is 5.73 Å². The highest BCUT2D eigenvalue weighted by Gasteiger charge is 2.43. The molecule has 194 valence electrons. The molecule has 0 spiro atoms. The Labute approximate surface area is 206 Å². The molecule has 0 aliphatic carbocycles. The van der Waals surface area contributed by atoms with Crippen LogP contribution in [0, 0.1) is 0 Å². The van der Waals surface area contributed by atoms with Crippen LogP contribution in [0.5, 0.6) is 28.1 Å². The van der Waals surface area contributed by atoms with E-state index in [9.17, 15) is 50.8 Å². The summed E-state index contributed by atoms with van der Waals surface area (Å²) in [6.07, 6.45) is 0.501. The molecule has 3 aromatic rings. The Hall–Kier alpha value is -3.86. The van der Waals surface area contributed by atoms with Crippen molar-refractivity contribution in [1.29, 1.82) is 0 Å². The average Bonchev–Trinajstić information content (AvgIpc) is 3.17. The van der Waals surface area contributed by atoms with Crippen LogP contribution in [0.25, 0.3) is 0 Å². The molecule has 3 rings (SSSR count). The summed E-state index contributed by atoms with van der Waals surface area (Å²) in [7, 11) is 0. The van der Waals surface area contributed by atoms with Crippen LogP contribution >= 0.6 is 11.3 Å². The Balaban J connectivity index is 1.82. The molecule has 0 aliphatic heterocycles. The molecule has 15 heteroatoms. The van der Waals surface area contributed by atoms with E-state index in [0.29, 0.717) is 17.8 Å². The van der Waals surface area contributed by atoms with E-state index in [2.05, 4.69) is 10.3 Å². The summed E-state index contributed by atoms with van der Waals surface area (Å²) < 4.78 is 0. The maximum absolute atomic E-state index is 12.4. The summed E-state index contributed by atoms with van der Waals surface area (Å²) >= 11 is 0.424. The Morgan fingerprint density at radius 3 is 2.06 bits per heavy atom. The van der Waals surface area contributed by atoms with Crippen molar-refractivity contribution in [3.8, 4) is 28.1 Å². The number of rotatable bonds is 9. The van der Waals surface area contributed by atoms with Gasteiger partial charge >= 0.3 is 0 Å². The van der Waals surface area contributed by atoms with Gasteiger partial charge in [0.2, 0.25) is 10.9 Å². The number of nitrogens with zero attached hydrogens (tertiary/aromatic N) is 1. The third-order valence-corrected chi connectivity index (χ3v) is 5.80. The Morgan fingerprint density at radius 1 is 0.944 bits per heavy atom. The third kappa shape index (κ3) is 5.20. The normalized spacial score (nSPS) is 12.0. The van der Waals surface area contributed by atoms with Gasteiger partial charge in [0, 0.05) is 0 Å². The van der Waals surface area contributed by atoms with E-state index in [-0.39, 0.29) is 11.7 Å². The number of nitrogen functional groups attached to an aromatic ring is 1. The van der Waals surface area contributed by atoms with Gasteiger partial charge in [-0.05, 0) is 18.5 Å². The van der Waals surface area contributed by atoms with E-state index in [1.54, 1.807) is 5.32 Å². The number of carbonyl (C=O) groups is 1.